The molecule has 0 saturated carbocycles. The second-order valence-corrected chi connectivity index (χ2v) is 10.3. The molecule has 2 aromatic rings. The zero-order valence-corrected chi connectivity index (χ0v) is 20.4. The van der Waals surface area contributed by atoms with Crippen LogP contribution in [0.2, 0.25) is 0 Å². The number of anilines is 1. The molecule has 8 heteroatoms. The van der Waals surface area contributed by atoms with Crippen molar-refractivity contribution in [2.24, 2.45) is 0 Å². The molecule has 0 spiro atoms. The smallest absolute Gasteiger partial charge is 0.244 e. The van der Waals surface area contributed by atoms with Crippen LogP contribution in [0.3, 0.4) is 0 Å². The maximum absolute atomic E-state index is 13.4. The van der Waals surface area contributed by atoms with E-state index in [9.17, 15) is 18.0 Å². The van der Waals surface area contributed by atoms with Crippen LogP contribution < -0.4 is 9.62 Å². The van der Waals surface area contributed by atoms with Gasteiger partial charge in [0.15, 0.2) is 0 Å². The first-order valence-corrected chi connectivity index (χ1v) is 12.4. The largest absolute Gasteiger partial charge is 0.352 e. The SMILES string of the molecule is Cc1ccc(N(CC(=O)N(Cc2ccccc2)[C@@H](C)C(=O)NC(C)C)S(C)(=O)=O)c(C)c1. The fourth-order valence-corrected chi connectivity index (χ4v) is 4.35. The zero-order chi connectivity index (χ0) is 24.1. The fraction of sp³-hybridized carbons (Fsp3) is 0.417. The molecule has 2 amide bonds. The van der Waals surface area contributed by atoms with Gasteiger partial charge in [0.05, 0.1) is 11.9 Å². The Hall–Kier alpha value is -2.87. The highest BCUT2D eigenvalue weighted by molar-refractivity contribution is 7.92. The van der Waals surface area contributed by atoms with Gasteiger partial charge in [-0.1, -0.05) is 48.0 Å². The lowest BCUT2D eigenvalue weighted by atomic mass is 10.1. The van der Waals surface area contributed by atoms with Crippen molar-refractivity contribution in [2.45, 2.75) is 53.2 Å². The molecule has 0 aromatic heterocycles. The van der Waals surface area contributed by atoms with Gasteiger partial charge >= 0.3 is 0 Å². The van der Waals surface area contributed by atoms with Gasteiger partial charge in [0, 0.05) is 12.6 Å². The summed E-state index contributed by atoms with van der Waals surface area (Å²) >= 11 is 0. The number of carbonyl (C=O) groups is 2. The molecule has 0 heterocycles. The van der Waals surface area contributed by atoms with Crippen molar-refractivity contribution in [3.8, 4) is 0 Å². The van der Waals surface area contributed by atoms with Gasteiger partial charge in [-0.05, 0) is 51.8 Å². The topological polar surface area (TPSA) is 86.8 Å². The lowest BCUT2D eigenvalue weighted by molar-refractivity contribution is -0.139. The van der Waals surface area contributed by atoms with Crippen LogP contribution >= 0.6 is 0 Å². The molecule has 32 heavy (non-hydrogen) atoms. The summed E-state index contributed by atoms with van der Waals surface area (Å²) in [7, 11) is -3.73. The number of nitrogens with zero attached hydrogens (tertiary/aromatic N) is 2. The molecule has 0 aliphatic heterocycles. The molecule has 0 saturated heterocycles. The Bertz CT molecular complexity index is 1050. The van der Waals surface area contributed by atoms with Gasteiger partial charge < -0.3 is 10.2 Å². The Balaban J connectivity index is 2.40. The van der Waals surface area contributed by atoms with Crippen molar-refractivity contribution in [3.63, 3.8) is 0 Å². The third kappa shape index (κ3) is 6.82. The van der Waals surface area contributed by atoms with Crippen LogP contribution in [-0.4, -0.2) is 50.0 Å². The maximum atomic E-state index is 13.4. The van der Waals surface area contributed by atoms with Crippen molar-refractivity contribution in [1.82, 2.24) is 10.2 Å². The number of sulfonamides is 1. The zero-order valence-electron chi connectivity index (χ0n) is 19.6. The van der Waals surface area contributed by atoms with E-state index in [1.165, 1.54) is 4.90 Å². The Morgan fingerprint density at radius 1 is 1.00 bits per heavy atom. The first-order valence-electron chi connectivity index (χ1n) is 10.6. The number of nitrogens with one attached hydrogen (secondary N) is 1. The van der Waals surface area contributed by atoms with Crippen molar-refractivity contribution in [2.75, 3.05) is 17.1 Å². The number of carbonyl (C=O) groups excluding carboxylic acids is 2. The summed E-state index contributed by atoms with van der Waals surface area (Å²) < 4.78 is 26.3. The normalized spacial score (nSPS) is 12.3. The summed E-state index contributed by atoms with van der Waals surface area (Å²) in [6, 6.07) is 13.9. The second kappa shape index (κ2) is 10.6. The van der Waals surface area contributed by atoms with Crippen LogP contribution in [0.15, 0.2) is 48.5 Å². The van der Waals surface area contributed by atoms with E-state index in [2.05, 4.69) is 5.32 Å². The third-order valence-electron chi connectivity index (χ3n) is 5.09. The minimum absolute atomic E-state index is 0.0821. The highest BCUT2D eigenvalue weighted by Gasteiger charge is 2.30. The highest BCUT2D eigenvalue weighted by atomic mass is 32.2. The molecule has 0 aliphatic carbocycles. The Morgan fingerprint density at radius 2 is 1.62 bits per heavy atom. The lowest BCUT2D eigenvalue weighted by Crippen LogP contribution is -2.52. The van der Waals surface area contributed by atoms with Crippen LogP contribution in [0.5, 0.6) is 0 Å². The molecule has 0 unspecified atom stereocenters. The molecular formula is C24H33N3O4S. The van der Waals surface area contributed by atoms with E-state index in [4.69, 9.17) is 0 Å². The standard InChI is InChI=1S/C24H33N3O4S/c1-17(2)25-24(29)20(5)26(15-21-10-8-7-9-11-21)23(28)16-27(32(6,30)31)22-13-12-18(3)14-19(22)4/h7-14,17,20H,15-16H2,1-6H3,(H,25,29)/t20-/m0/s1. The van der Waals surface area contributed by atoms with Gasteiger partial charge in [0.1, 0.15) is 12.6 Å². The highest BCUT2D eigenvalue weighted by Crippen LogP contribution is 2.24. The molecule has 1 atom stereocenters. The van der Waals surface area contributed by atoms with Gasteiger partial charge in [-0.3, -0.25) is 13.9 Å². The Labute approximate surface area is 191 Å². The molecular weight excluding hydrogens is 426 g/mol. The number of hydrogen-bond acceptors (Lipinski definition) is 4. The molecule has 0 radical (unpaired) electrons. The fourth-order valence-electron chi connectivity index (χ4n) is 3.45. The van der Waals surface area contributed by atoms with Gasteiger partial charge in [-0.2, -0.15) is 0 Å². The van der Waals surface area contributed by atoms with E-state index in [0.29, 0.717) is 5.69 Å². The van der Waals surface area contributed by atoms with Gasteiger partial charge in [-0.15, -0.1) is 0 Å². The van der Waals surface area contributed by atoms with Crippen molar-refractivity contribution < 1.29 is 18.0 Å². The molecule has 2 aromatic carbocycles. The van der Waals surface area contributed by atoms with E-state index in [1.807, 2.05) is 70.2 Å². The first-order chi connectivity index (χ1) is 14.9. The van der Waals surface area contributed by atoms with Gasteiger partial charge in [-0.25, -0.2) is 8.42 Å². The molecule has 0 aliphatic rings. The Kier molecular flexibility index (Phi) is 8.44. The van der Waals surface area contributed by atoms with Crippen LogP contribution in [0.4, 0.5) is 5.69 Å². The number of amides is 2. The molecule has 0 fully saturated rings. The number of aryl methyl sites for hydroxylation is 2. The summed E-state index contributed by atoms with van der Waals surface area (Å²) in [6.45, 7) is 8.88. The van der Waals surface area contributed by atoms with E-state index in [-0.39, 0.29) is 18.5 Å². The van der Waals surface area contributed by atoms with Gasteiger partial charge in [0.2, 0.25) is 21.8 Å². The van der Waals surface area contributed by atoms with Crippen LogP contribution in [0, 0.1) is 13.8 Å². The van der Waals surface area contributed by atoms with E-state index >= 15 is 0 Å². The summed E-state index contributed by atoms with van der Waals surface area (Å²) in [6.07, 6.45) is 1.08. The lowest BCUT2D eigenvalue weighted by Gasteiger charge is -2.32. The third-order valence-corrected chi connectivity index (χ3v) is 6.22. The monoisotopic (exact) mass is 459 g/mol. The summed E-state index contributed by atoms with van der Waals surface area (Å²) in [5.41, 5.74) is 3.05. The van der Waals surface area contributed by atoms with Crippen molar-refractivity contribution >= 4 is 27.5 Å². The molecule has 1 N–H and O–H groups in total. The maximum Gasteiger partial charge on any atom is 0.244 e. The second-order valence-electron chi connectivity index (χ2n) is 8.41. The molecule has 7 nitrogen and oxygen atoms in total. The minimum atomic E-state index is -3.73. The van der Waals surface area contributed by atoms with Crippen LogP contribution in [0.1, 0.15) is 37.5 Å². The predicted octanol–water partition coefficient (Wildman–Crippen LogP) is 3.01. The van der Waals surface area contributed by atoms with Crippen molar-refractivity contribution in [3.05, 3.63) is 65.2 Å². The average molecular weight is 460 g/mol. The van der Waals surface area contributed by atoms with Gasteiger partial charge in [0.25, 0.3) is 0 Å². The van der Waals surface area contributed by atoms with E-state index in [0.717, 1.165) is 27.3 Å². The van der Waals surface area contributed by atoms with Crippen molar-refractivity contribution in [1.29, 1.82) is 0 Å². The minimum Gasteiger partial charge on any atom is -0.352 e. The Morgan fingerprint density at radius 3 is 2.16 bits per heavy atom. The molecule has 2 rings (SSSR count). The molecule has 0 bridgehead atoms. The number of hydrogen-bond donors (Lipinski definition) is 1. The van der Waals surface area contributed by atoms with Crippen LogP contribution in [0.25, 0.3) is 0 Å². The van der Waals surface area contributed by atoms with E-state index in [1.54, 1.807) is 13.0 Å². The number of rotatable bonds is 9. The number of benzene rings is 2. The van der Waals surface area contributed by atoms with E-state index < -0.39 is 28.5 Å². The average Bonchev–Trinajstić information content (AvgIpc) is 2.69. The molecule has 174 valence electrons. The summed E-state index contributed by atoms with van der Waals surface area (Å²) in [4.78, 5) is 27.6. The predicted molar refractivity (Wildman–Crippen MR) is 128 cm³/mol. The first kappa shape index (κ1) is 25.4. The summed E-state index contributed by atoms with van der Waals surface area (Å²) in [5, 5.41) is 2.83. The quantitative estimate of drug-likeness (QED) is 0.625. The summed E-state index contributed by atoms with van der Waals surface area (Å²) in [5.74, 6) is -0.743. The van der Waals surface area contributed by atoms with Crippen LogP contribution in [-0.2, 0) is 26.2 Å².